The largest absolute Gasteiger partial charge is 0.367 e. The van der Waals surface area contributed by atoms with Gasteiger partial charge in [0, 0.05) is 29.8 Å². The number of nitrogens with one attached hydrogen (secondary N) is 2. The first-order valence-corrected chi connectivity index (χ1v) is 9.92. The van der Waals surface area contributed by atoms with E-state index in [1.807, 2.05) is 30.3 Å². The molecule has 0 atom stereocenters. The van der Waals surface area contributed by atoms with Crippen LogP contribution in [0.4, 0.5) is 10.2 Å². The van der Waals surface area contributed by atoms with E-state index in [-0.39, 0.29) is 24.0 Å². The summed E-state index contributed by atoms with van der Waals surface area (Å²) in [5.74, 6) is 0.429. The third-order valence-corrected chi connectivity index (χ3v) is 5.10. The number of hydrogen-bond acceptors (Lipinski definition) is 4. The average molecular weight is 390 g/mol. The molecule has 0 spiro atoms. The van der Waals surface area contributed by atoms with Gasteiger partial charge in [-0.25, -0.2) is 14.4 Å². The van der Waals surface area contributed by atoms with Crippen molar-refractivity contribution in [3.05, 3.63) is 77.7 Å². The van der Waals surface area contributed by atoms with Crippen molar-refractivity contribution in [1.82, 2.24) is 15.3 Å². The van der Waals surface area contributed by atoms with Crippen molar-refractivity contribution in [2.75, 3.05) is 5.32 Å². The van der Waals surface area contributed by atoms with Crippen LogP contribution in [0, 0.1) is 5.82 Å². The molecule has 0 aliphatic heterocycles. The highest BCUT2D eigenvalue weighted by atomic mass is 19.1. The van der Waals surface area contributed by atoms with Gasteiger partial charge >= 0.3 is 0 Å². The number of halogens is 1. The van der Waals surface area contributed by atoms with Gasteiger partial charge in [-0.3, -0.25) is 4.79 Å². The molecule has 2 N–H and O–H groups in total. The highest BCUT2D eigenvalue weighted by Crippen LogP contribution is 2.23. The van der Waals surface area contributed by atoms with Crippen molar-refractivity contribution in [2.24, 2.45) is 0 Å². The van der Waals surface area contributed by atoms with Crippen molar-refractivity contribution in [1.29, 1.82) is 0 Å². The molecule has 1 saturated carbocycles. The van der Waals surface area contributed by atoms with Gasteiger partial charge < -0.3 is 10.6 Å². The molecule has 6 heteroatoms. The molecule has 29 heavy (non-hydrogen) atoms. The maximum atomic E-state index is 13.8. The molecule has 0 saturated heterocycles. The Bertz CT molecular complexity index is 987. The first-order chi connectivity index (χ1) is 14.2. The minimum atomic E-state index is -0.359. The quantitative estimate of drug-likeness (QED) is 0.647. The molecule has 0 radical (unpaired) electrons. The fourth-order valence-electron chi connectivity index (χ4n) is 3.54. The first-order valence-electron chi connectivity index (χ1n) is 9.92. The lowest BCUT2D eigenvalue weighted by atomic mass is 10.2. The minimum absolute atomic E-state index is 0.0988. The molecule has 1 fully saturated rings. The monoisotopic (exact) mass is 390 g/mol. The molecule has 0 unspecified atom stereocenters. The van der Waals surface area contributed by atoms with Crippen LogP contribution in [0.15, 0.2) is 60.7 Å². The molecule has 4 rings (SSSR count). The van der Waals surface area contributed by atoms with Crippen LogP contribution >= 0.6 is 0 Å². The minimum Gasteiger partial charge on any atom is -0.367 e. The topological polar surface area (TPSA) is 66.9 Å². The van der Waals surface area contributed by atoms with Crippen molar-refractivity contribution in [3.63, 3.8) is 0 Å². The number of carbonyl (C=O) groups excluding carboxylic acids is 1. The maximum Gasteiger partial charge on any atom is 0.270 e. The van der Waals surface area contributed by atoms with Crippen LogP contribution in [0.5, 0.6) is 0 Å². The number of benzene rings is 2. The summed E-state index contributed by atoms with van der Waals surface area (Å²) in [4.78, 5) is 21.8. The van der Waals surface area contributed by atoms with Crippen LogP contribution in [0.3, 0.4) is 0 Å². The molecule has 1 heterocycles. The van der Waals surface area contributed by atoms with Crippen LogP contribution in [-0.2, 0) is 6.54 Å². The Balaban J connectivity index is 1.58. The van der Waals surface area contributed by atoms with E-state index in [4.69, 9.17) is 0 Å². The van der Waals surface area contributed by atoms with Crippen LogP contribution in [0.2, 0.25) is 0 Å². The number of rotatable bonds is 6. The summed E-state index contributed by atoms with van der Waals surface area (Å²) in [5, 5.41) is 6.20. The van der Waals surface area contributed by atoms with E-state index in [0.717, 1.165) is 18.4 Å². The molecular weight excluding hydrogens is 367 g/mol. The zero-order chi connectivity index (χ0) is 20.1. The average Bonchev–Trinajstić information content (AvgIpc) is 3.26. The van der Waals surface area contributed by atoms with Crippen LogP contribution in [0.25, 0.3) is 11.4 Å². The molecule has 5 nitrogen and oxygen atoms in total. The second-order valence-corrected chi connectivity index (χ2v) is 7.23. The van der Waals surface area contributed by atoms with Gasteiger partial charge in [-0.05, 0) is 18.9 Å². The molecule has 1 aliphatic rings. The van der Waals surface area contributed by atoms with Gasteiger partial charge in [-0.1, -0.05) is 61.4 Å². The molecule has 1 amide bonds. The van der Waals surface area contributed by atoms with Crippen LogP contribution in [-0.4, -0.2) is 21.9 Å². The lowest BCUT2D eigenvalue weighted by molar-refractivity contribution is 0.0945. The normalized spacial score (nSPS) is 14.0. The summed E-state index contributed by atoms with van der Waals surface area (Å²) in [6.07, 6.45) is 4.59. The van der Waals surface area contributed by atoms with E-state index in [1.54, 1.807) is 24.3 Å². The standard InChI is InChI=1S/C23H23FN4O/c24-19-13-7-4-10-17(19)15-25-23(29)20-14-21(26-18-11-5-6-12-18)28-22(27-20)16-8-2-1-3-9-16/h1-4,7-10,13-14,18H,5-6,11-12,15H2,(H,25,29)(H,26,27,28). The summed E-state index contributed by atoms with van der Waals surface area (Å²) in [7, 11) is 0. The molecule has 148 valence electrons. The Morgan fingerprint density at radius 3 is 2.48 bits per heavy atom. The number of hydrogen-bond donors (Lipinski definition) is 2. The Hall–Kier alpha value is -3.28. The van der Waals surface area contributed by atoms with Gasteiger partial charge in [0.2, 0.25) is 0 Å². The summed E-state index contributed by atoms with van der Waals surface area (Å²) >= 11 is 0. The highest BCUT2D eigenvalue weighted by molar-refractivity contribution is 5.93. The third kappa shape index (κ3) is 4.77. The second-order valence-electron chi connectivity index (χ2n) is 7.23. The smallest absolute Gasteiger partial charge is 0.270 e. The SMILES string of the molecule is O=C(NCc1ccccc1F)c1cc(NC2CCCC2)nc(-c2ccccc2)n1. The van der Waals surface area contributed by atoms with Crippen molar-refractivity contribution in [3.8, 4) is 11.4 Å². The van der Waals surface area contributed by atoms with Crippen LogP contribution in [0.1, 0.15) is 41.7 Å². The summed E-state index contributed by atoms with van der Waals surface area (Å²) in [5.41, 5.74) is 1.53. The van der Waals surface area contributed by atoms with Gasteiger partial charge in [0.05, 0.1) is 0 Å². The van der Waals surface area contributed by atoms with Gasteiger partial charge in [0.1, 0.15) is 17.3 Å². The van der Waals surface area contributed by atoms with Crippen LogP contribution < -0.4 is 10.6 Å². The second kappa shape index (κ2) is 8.82. The van der Waals surface area contributed by atoms with E-state index in [0.29, 0.717) is 23.2 Å². The molecule has 3 aromatic rings. The Morgan fingerprint density at radius 1 is 1.00 bits per heavy atom. The fraction of sp³-hybridized carbons (Fsp3) is 0.261. The van der Waals surface area contributed by atoms with E-state index in [9.17, 15) is 9.18 Å². The lowest BCUT2D eigenvalue weighted by Crippen LogP contribution is -2.25. The third-order valence-electron chi connectivity index (χ3n) is 5.10. The zero-order valence-corrected chi connectivity index (χ0v) is 16.1. The van der Waals surface area contributed by atoms with E-state index in [1.165, 1.54) is 18.9 Å². The number of aromatic nitrogens is 2. The molecule has 2 aromatic carbocycles. The number of carbonyl (C=O) groups is 1. The van der Waals surface area contributed by atoms with Crippen molar-refractivity contribution >= 4 is 11.7 Å². The van der Waals surface area contributed by atoms with Gasteiger partial charge in [0.25, 0.3) is 5.91 Å². The maximum absolute atomic E-state index is 13.8. The Kier molecular flexibility index (Phi) is 5.79. The molecule has 0 bridgehead atoms. The summed E-state index contributed by atoms with van der Waals surface area (Å²) in [6.45, 7) is 0.0988. The molecule has 1 aliphatic carbocycles. The fourth-order valence-corrected chi connectivity index (χ4v) is 3.54. The highest BCUT2D eigenvalue weighted by Gasteiger charge is 2.18. The van der Waals surface area contributed by atoms with E-state index >= 15 is 0 Å². The first kappa shape index (κ1) is 19.1. The summed E-state index contributed by atoms with van der Waals surface area (Å²) in [6, 6.07) is 18.0. The Labute approximate surface area is 169 Å². The number of amides is 1. The molecular formula is C23H23FN4O. The number of nitrogens with zero attached hydrogens (tertiary/aromatic N) is 2. The van der Waals surface area contributed by atoms with Gasteiger partial charge in [0.15, 0.2) is 5.82 Å². The van der Waals surface area contributed by atoms with E-state index in [2.05, 4.69) is 20.6 Å². The van der Waals surface area contributed by atoms with Gasteiger partial charge in [-0.2, -0.15) is 0 Å². The van der Waals surface area contributed by atoms with Crippen molar-refractivity contribution < 1.29 is 9.18 Å². The lowest BCUT2D eigenvalue weighted by Gasteiger charge is -2.15. The van der Waals surface area contributed by atoms with E-state index < -0.39 is 0 Å². The van der Waals surface area contributed by atoms with Gasteiger partial charge in [-0.15, -0.1) is 0 Å². The predicted molar refractivity (Wildman–Crippen MR) is 111 cm³/mol. The number of anilines is 1. The summed E-state index contributed by atoms with van der Waals surface area (Å²) < 4.78 is 13.8. The molecule has 1 aromatic heterocycles. The predicted octanol–water partition coefficient (Wildman–Crippen LogP) is 4.57. The Morgan fingerprint density at radius 2 is 1.72 bits per heavy atom. The zero-order valence-electron chi connectivity index (χ0n) is 16.1. The van der Waals surface area contributed by atoms with Crippen molar-refractivity contribution in [2.45, 2.75) is 38.3 Å².